The number of aromatic nitrogens is 1. The number of fused-ring (bicyclic) bond motifs is 1. The summed E-state index contributed by atoms with van der Waals surface area (Å²) >= 11 is 1.42. The summed E-state index contributed by atoms with van der Waals surface area (Å²) < 4.78 is 1.01. The number of aryl methyl sites for hydroxylation is 1. The Morgan fingerprint density at radius 1 is 1.54 bits per heavy atom. The topological polar surface area (TPSA) is 62.7 Å². The summed E-state index contributed by atoms with van der Waals surface area (Å²) in [4.78, 5) is 4.12. The zero-order chi connectivity index (χ0) is 9.42. The van der Waals surface area contributed by atoms with Gasteiger partial charge in [-0.1, -0.05) is 17.4 Å². The summed E-state index contributed by atoms with van der Waals surface area (Å²) in [5.74, 6) is 0. The van der Waals surface area contributed by atoms with Crippen molar-refractivity contribution in [1.82, 2.24) is 4.98 Å². The number of nitrogens with zero attached hydrogens (tertiary/aromatic N) is 2. The van der Waals surface area contributed by atoms with Crippen LogP contribution in [0.2, 0.25) is 0 Å². The number of nitrogens with two attached hydrogens (primary N) is 1. The van der Waals surface area contributed by atoms with E-state index in [2.05, 4.69) is 11.1 Å². The fourth-order valence-corrected chi connectivity index (χ4v) is 2.07. The quantitative estimate of drug-likeness (QED) is 0.690. The van der Waals surface area contributed by atoms with Gasteiger partial charge in [-0.3, -0.25) is 0 Å². The highest BCUT2D eigenvalue weighted by molar-refractivity contribution is 7.22. The molecule has 0 atom stereocenters. The lowest BCUT2D eigenvalue weighted by atomic mass is 10.1. The average molecular weight is 189 g/mol. The summed E-state index contributed by atoms with van der Waals surface area (Å²) in [5, 5.41) is 9.32. The van der Waals surface area contributed by atoms with Crippen LogP contribution in [0, 0.1) is 18.3 Å². The summed E-state index contributed by atoms with van der Waals surface area (Å²) in [5.41, 5.74) is 8.01. The maximum atomic E-state index is 8.81. The van der Waals surface area contributed by atoms with E-state index in [1.165, 1.54) is 11.3 Å². The minimum Gasteiger partial charge on any atom is -0.375 e. The first-order chi connectivity index (χ1) is 6.22. The molecule has 0 saturated carbocycles. The highest BCUT2D eigenvalue weighted by Crippen LogP contribution is 2.28. The number of hydrogen-bond donors (Lipinski definition) is 1. The van der Waals surface area contributed by atoms with Crippen molar-refractivity contribution < 1.29 is 0 Å². The molecule has 64 valence electrons. The summed E-state index contributed by atoms with van der Waals surface area (Å²) in [6.45, 7) is 1.99. The number of nitrogen functional groups attached to an aromatic ring is 1. The Morgan fingerprint density at radius 3 is 3.00 bits per heavy atom. The number of rotatable bonds is 0. The lowest BCUT2D eigenvalue weighted by Crippen LogP contribution is -1.82. The van der Waals surface area contributed by atoms with Crippen molar-refractivity contribution in [2.24, 2.45) is 0 Å². The van der Waals surface area contributed by atoms with Gasteiger partial charge in [0.15, 0.2) is 5.13 Å². The van der Waals surface area contributed by atoms with E-state index in [1.807, 2.05) is 13.0 Å². The highest BCUT2D eigenvalue weighted by atomic mass is 32.1. The Labute approximate surface area is 79.4 Å². The van der Waals surface area contributed by atoms with Gasteiger partial charge in [-0.15, -0.1) is 0 Å². The molecule has 0 spiro atoms. The molecule has 2 rings (SSSR count). The van der Waals surface area contributed by atoms with Crippen molar-refractivity contribution >= 4 is 26.7 Å². The largest absolute Gasteiger partial charge is 0.375 e. The van der Waals surface area contributed by atoms with Gasteiger partial charge in [0, 0.05) is 0 Å². The van der Waals surface area contributed by atoms with Crippen molar-refractivity contribution in [2.75, 3.05) is 5.73 Å². The van der Waals surface area contributed by atoms with E-state index in [4.69, 9.17) is 11.0 Å². The fraction of sp³-hybridized carbons (Fsp3) is 0.111. The van der Waals surface area contributed by atoms with Crippen LogP contribution in [0.15, 0.2) is 12.1 Å². The van der Waals surface area contributed by atoms with Gasteiger partial charge in [0.05, 0.1) is 10.3 Å². The monoisotopic (exact) mass is 189 g/mol. The minimum atomic E-state index is 0.515. The molecule has 13 heavy (non-hydrogen) atoms. The van der Waals surface area contributed by atoms with Crippen molar-refractivity contribution in [1.29, 1.82) is 5.26 Å². The lowest BCUT2D eigenvalue weighted by Gasteiger charge is -1.94. The molecular weight excluding hydrogens is 182 g/mol. The van der Waals surface area contributed by atoms with Gasteiger partial charge >= 0.3 is 0 Å². The molecule has 0 aliphatic heterocycles. The molecule has 0 fully saturated rings. The van der Waals surface area contributed by atoms with Gasteiger partial charge in [-0.05, 0) is 18.6 Å². The maximum Gasteiger partial charge on any atom is 0.181 e. The highest BCUT2D eigenvalue weighted by Gasteiger charge is 2.07. The summed E-state index contributed by atoms with van der Waals surface area (Å²) in [6, 6.07) is 5.79. The Balaban J connectivity index is 2.94. The summed E-state index contributed by atoms with van der Waals surface area (Å²) in [6.07, 6.45) is 0. The first-order valence-corrected chi connectivity index (χ1v) is 4.59. The molecule has 2 aromatic rings. The van der Waals surface area contributed by atoms with Crippen LogP contribution in [0.1, 0.15) is 11.1 Å². The van der Waals surface area contributed by atoms with Crippen LogP contribution >= 0.6 is 11.3 Å². The van der Waals surface area contributed by atoms with Gasteiger partial charge in [-0.25, -0.2) is 4.98 Å². The van der Waals surface area contributed by atoms with E-state index in [9.17, 15) is 0 Å². The van der Waals surface area contributed by atoms with Crippen LogP contribution in [0.5, 0.6) is 0 Å². The molecule has 1 heterocycles. The maximum absolute atomic E-state index is 8.81. The third-order valence-corrected chi connectivity index (χ3v) is 2.90. The number of anilines is 1. The smallest absolute Gasteiger partial charge is 0.181 e. The Bertz CT molecular complexity index is 507. The first kappa shape index (κ1) is 8.02. The van der Waals surface area contributed by atoms with Gasteiger partial charge < -0.3 is 5.73 Å². The molecule has 0 amide bonds. The molecule has 0 saturated heterocycles. The van der Waals surface area contributed by atoms with Gasteiger partial charge in [0.1, 0.15) is 11.6 Å². The standard InChI is InChI=1S/C9H7N3S/c1-5-2-3-6(4-10)7-8(5)13-9(11)12-7/h2-3H,1H3,(H2,11,12). The van der Waals surface area contributed by atoms with E-state index >= 15 is 0 Å². The molecule has 4 heteroatoms. The van der Waals surface area contributed by atoms with Gasteiger partial charge in [0.2, 0.25) is 0 Å². The number of nitriles is 1. The molecule has 0 radical (unpaired) electrons. The van der Waals surface area contributed by atoms with Crippen molar-refractivity contribution in [3.05, 3.63) is 23.3 Å². The number of hydrogen-bond acceptors (Lipinski definition) is 4. The molecule has 2 N–H and O–H groups in total. The Morgan fingerprint density at radius 2 is 2.31 bits per heavy atom. The van der Waals surface area contributed by atoms with Crippen molar-refractivity contribution in [2.45, 2.75) is 6.92 Å². The van der Waals surface area contributed by atoms with Gasteiger partial charge in [0.25, 0.3) is 0 Å². The molecule has 0 aliphatic rings. The Kier molecular flexibility index (Phi) is 1.67. The molecule has 1 aromatic heterocycles. The third-order valence-electron chi connectivity index (χ3n) is 1.88. The van der Waals surface area contributed by atoms with E-state index in [0.29, 0.717) is 10.7 Å². The predicted octanol–water partition coefficient (Wildman–Crippen LogP) is 2.06. The van der Waals surface area contributed by atoms with Crippen LogP contribution in [-0.4, -0.2) is 4.98 Å². The average Bonchev–Trinajstić information content (AvgIpc) is 2.48. The van der Waals surface area contributed by atoms with Crippen LogP contribution in [0.4, 0.5) is 5.13 Å². The zero-order valence-corrected chi connectivity index (χ0v) is 7.85. The molecule has 3 nitrogen and oxygen atoms in total. The normalized spacial score (nSPS) is 10.2. The van der Waals surface area contributed by atoms with E-state index in [1.54, 1.807) is 6.07 Å². The van der Waals surface area contributed by atoms with Crippen molar-refractivity contribution in [3.8, 4) is 6.07 Å². The lowest BCUT2D eigenvalue weighted by molar-refractivity contribution is 1.43. The van der Waals surface area contributed by atoms with Crippen molar-refractivity contribution in [3.63, 3.8) is 0 Å². The molecule has 0 unspecified atom stereocenters. The summed E-state index contributed by atoms with van der Waals surface area (Å²) in [7, 11) is 0. The van der Waals surface area contributed by atoms with Crippen LogP contribution < -0.4 is 5.73 Å². The number of thiazole rings is 1. The number of benzene rings is 1. The van der Waals surface area contributed by atoms with E-state index < -0.39 is 0 Å². The van der Waals surface area contributed by atoms with Gasteiger partial charge in [-0.2, -0.15) is 5.26 Å². The fourth-order valence-electron chi connectivity index (χ4n) is 1.24. The zero-order valence-electron chi connectivity index (χ0n) is 7.03. The minimum absolute atomic E-state index is 0.515. The van der Waals surface area contributed by atoms with Crippen LogP contribution in [0.3, 0.4) is 0 Å². The van der Waals surface area contributed by atoms with E-state index in [0.717, 1.165) is 15.8 Å². The SMILES string of the molecule is Cc1ccc(C#N)c2nc(N)sc12. The molecule has 0 bridgehead atoms. The second-order valence-corrected chi connectivity index (χ2v) is 3.80. The third kappa shape index (κ3) is 1.14. The molecular formula is C9H7N3S. The predicted molar refractivity (Wildman–Crippen MR) is 53.5 cm³/mol. The second kappa shape index (κ2) is 2.71. The molecule has 1 aromatic carbocycles. The second-order valence-electron chi connectivity index (χ2n) is 2.77. The van der Waals surface area contributed by atoms with E-state index in [-0.39, 0.29) is 0 Å². The Hall–Kier alpha value is -1.60. The van der Waals surface area contributed by atoms with Crippen LogP contribution in [-0.2, 0) is 0 Å². The van der Waals surface area contributed by atoms with Crippen LogP contribution in [0.25, 0.3) is 10.2 Å². The molecule has 0 aliphatic carbocycles. The first-order valence-electron chi connectivity index (χ1n) is 3.78.